The summed E-state index contributed by atoms with van der Waals surface area (Å²) in [6.07, 6.45) is -0.712. The number of hydrogen-bond acceptors (Lipinski definition) is 9. The van der Waals surface area contributed by atoms with E-state index < -0.39 is 37.5 Å². The summed E-state index contributed by atoms with van der Waals surface area (Å²) in [6, 6.07) is 6.83. The summed E-state index contributed by atoms with van der Waals surface area (Å²) in [5.41, 5.74) is -2.86. The standard InChI is InChI=1S/C21H14F3N6O6P.2Na/c22-21(23,24)12-2-1-3-13(6-12)30-18-14(19(31)29(20(30)32)10-36-37(33,34)35)9-25-16-5-4-15(28-17(16)18)11-7-26-27-8-11;;/h1-9H,10H2,(H,26,27)(H2,33,34,35);;/q;2*+1/p-2. The number of nitrogens with zero attached hydrogens (tertiary/aromatic N) is 5. The number of fused-ring (bicyclic) bond motifs is 3. The molecule has 0 bridgehead atoms. The first-order chi connectivity index (χ1) is 17.4. The Morgan fingerprint density at radius 2 is 1.82 bits per heavy atom. The molecule has 0 radical (unpaired) electrons. The van der Waals surface area contributed by atoms with Crippen molar-refractivity contribution in [2.75, 3.05) is 0 Å². The molecule has 0 aliphatic rings. The number of nitrogens with one attached hydrogen (secondary N) is 1. The largest absolute Gasteiger partial charge is 1.00 e. The van der Waals surface area contributed by atoms with E-state index in [2.05, 4.69) is 24.7 Å². The minimum Gasteiger partial charge on any atom is -0.790 e. The molecule has 0 spiro atoms. The van der Waals surface area contributed by atoms with Gasteiger partial charge in [0.2, 0.25) is 0 Å². The molecule has 5 rings (SSSR count). The minimum absolute atomic E-state index is 0. The Balaban J connectivity index is 0.00000210. The molecule has 190 valence electrons. The first kappa shape index (κ1) is 31.4. The SMILES string of the molecule is O=c1c2cnc3ccc(-c4cn[nH]c4)nc3c2n(-c2cccc(C(F)(F)F)c2)c(=O)n1COP(=O)([O-])[O-].[Na+].[Na+]. The molecule has 39 heavy (non-hydrogen) atoms. The fourth-order valence-electron chi connectivity index (χ4n) is 3.74. The zero-order valence-electron chi connectivity index (χ0n) is 20.2. The van der Waals surface area contributed by atoms with Crippen LogP contribution in [0.2, 0.25) is 0 Å². The molecule has 0 saturated heterocycles. The quantitative estimate of drug-likeness (QED) is 0.122. The number of alkyl halides is 3. The third-order valence-corrected chi connectivity index (χ3v) is 5.81. The van der Waals surface area contributed by atoms with Crippen molar-refractivity contribution in [1.29, 1.82) is 0 Å². The van der Waals surface area contributed by atoms with Crippen LogP contribution >= 0.6 is 7.82 Å². The van der Waals surface area contributed by atoms with E-state index in [4.69, 9.17) is 0 Å². The number of H-pyrrole nitrogens is 1. The van der Waals surface area contributed by atoms with Gasteiger partial charge in [-0.25, -0.2) is 14.3 Å². The minimum atomic E-state index is -5.62. The second-order valence-corrected chi connectivity index (χ2v) is 8.83. The van der Waals surface area contributed by atoms with Crippen LogP contribution < -0.4 is 80.2 Å². The molecule has 0 unspecified atom stereocenters. The zero-order chi connectivity index (χ0) is 26.5. The Morgan fingerprint density at radius 1 is 1.08 bits per heavy atom. The van der Waals surface area contributed by atoms with Crippen molar-refractivity contribution >= 4 is 29.8 Å². The van der Waals surface area contributed by atoms with Crippen LogP contribution in [-0.2, 0) is 22.0 Å². The summed E-state index contributed by atoms with van der Waals surface area (Å²) in [7, 11) is -5.62. The first-order valence-electron chi connectivity index (χ1n) is 10.2. The summed E-state index contributed by atoms with van der Waals surface area (Å²) < 4.78 is 56.5. The van der Waals surface area contributed by atoms with E-state index in [9.17, 15) is 37.1 Å². The normalized spacial score (nSPS) is 11.8. The van der Waals surface area contributed by atoms with E-state index in [0.29, 0.717) is 17.3 Å². The maximum atomic E-state index is 13.5. The van der Waals surface area contributed by atoms with Gasteiger partial charge in [-0.3, -0.25) is 19.4 Å². The van der Waals surface area contributed by atoms with Gasteiger partial charge in [0.05, 0.1) is 47.4 Å². The Morgan fingerprint density at radius 3 is 2.46 bits per heavy atom. The predicted octanol–water partition coefficient (Wildman–Crippen LogP) is -4.68. The van der Waals surface area contributed by atoms with Gasteiger partial charge < -0.3 is 18.9 Å². The van der Waals surface area contributed by atoms with Gasteiger partial charge in [-0.1, -0.05) is 6.07 Å². The Labute approximate surface area is 259 Å². The molecule has 0 fully saturated rings. The Kier molecular flexibility index (Phi) is 9.45. The third-order valence-electron chi connectivity index (χ3n) is 5.38. The number of aromatic amines is 1. The fraction of sp³-hybridized carbons (Fsp3) is 0.0952. The molecule has 4 aromatic heterocycles. The van der Waals surface area contributed by atoms with E-state index in [1.807, 2.05) is 0 Å². The summed E-state index contributed by atoms with van der Waals surface area (Å²) in [5, 5.41) is 6.15. The molecular weight excluding hydrogens is 566 g/mol. The molecule has 0 aliphatic heterocycles. The molecule has 1 N–H and O–H groups in total. The molecule has 0 saturated carbocycles. The van der Waals surface area contributed by atoms with Gasteiger partial charge in [-0.2, -0.15) is 18.3 Å². The van der Waals surface area contributed by atoms with E-state index in [0.717, 1.165) is 22.9 Å². The third kappa shape index (κ3) is 6.28. The maximum absolute atomic E-state index is 13.5. The fourth-order valence-corrected chi connectivity index (χ4v) is 4.00. The van der Waals surface area contributed by atoms with Crippen molar-refractivity contribution in [3.8, 4) is 16.9 Å². The molecule has 0 aliphatic carbocycles. The number of hydrogen-bond donors (Lipinski definition) is 1. The number of phosphoric ester groups is 1. The van der Waals surface area contributed by atoms with Crippen LogP contribution in [0.3, 0.4) is 0 Å². The summed E-state index contributed by atoms with van der Waals surface area (Å²) in [5.74, 6) is 0. The van der Waals surface area contributed by atoms with Gasteiger partial charge >= 0.3 is 71.0 Å². The van der Waals surface area contributed by atoms with Crippen LogP contribution in [0, 0.1) is 0 Å². The second-order valence-electron chi connectivity index (χ2n) is 7.68. The predicted molar refractivity (Wildman–Crippen MR) is 118 cm³/mol. The molecular formula is C21H12F3N6Na2O6P. The average Bonchev–Trinajstić information content (AvgIpc) is 3.37. The van der Waals surface area contributed by atoms with E-state index in [1.165, 1.54) is 24.5 Å². The summed E-state index contributed by atoms with van der Waals surface area (Å²) in [6.45, 7) is -1.29. The Bertz CT molecular complexity index is 1840. The van der Waals surface area contributed by atoms with Gasteiger partial charge in [0.15, 0.2) is 0 Å². The van der Waals surface area contributed by atoms with Crippen LogP contribution in [0.25, 0.3) is 38.9 Å². The van der Waals surface area contributed by atoms with Gasteiger partial charge in [0.1, 0.15) is 12.2 Å². The number of phosphoric acid groups is 1. The van der Waals surface area contributed by atoms with Crippen LogP contribution in [0.15, 0.2) is 64.6 Å². The smallest absolute Gasteiger partial charge is 0.790 e. The zero-order valence-corrected chi connectivity index (χ0v) is 25.1. The monoisotopic (exact) mass is 578 g/mol. The van der Waals surface area contributed by atoms with Crippen molar-refractivity contribution in [3.05, 3.63) is 81.4 Å². The van der Waals surface area contributed by atoms with Crippen LogP contribution in [-0.4, -0.2) is 29.3 Å². The number of benzene rings is 1. The van der Waals surface area contributed by atoms with Crippen molar-refractivity contribution in [2.45, 2.75) is 12.9 Å². The number of pyridine rings is 2. The van der Waals surface area contributed by atoms with Crippen LogP contribution in [0.1, 0.15) is 5.56 Å². The maximum Gasteiger partial charge on any atom is 1.00 e. The van der Waals surface area contributed by atoms with Crippen molar-refractivity contribution in [1.82, 2.24) is 29.3 Å². The van der Waals surface area contributed by atoms with Gasteiger partial charge in [-0.15, -0.1) is 0 Å². The van der Waals surface area contributed by atoms with Crippen LogP contribution in [0.4, 0.5) is 13.2 Å². The molecule has 0 amide bonds. The molecule has 12 nitrogen and oxygen atoms in total. The van der Waals surface area contributed by atoms with E-state index >= 15 is 0 Å². The summed E-state index contributed by atoms with van der Waals surface area (Å²) in [4.78, 5) is 57.2. The summed E-state index contributed by atoms with van der Waals surface area (Å²) >= 11 is 0. The van der Waals surface area contributed by atoms with E-state index in [-0.39, 0.29) is 91.3 Å². The van der Waals surface area contributed by atoms with Crippen molar-refractivity contribution < 1.29 is 91.2 Å². The average molecular weight is 578 g/mol. The molecule has 0 atom stereocenters. The number of aromatic nitrogens is 6. The molecule has 18 heteroatoms. The van der Waals surface area contributed by atoms with Crippen LogP contribution in [0.5, 0.6) is 0 Å². The molecule has 4 heterocycles. The topological polar surface area (TPSA) is 171 Å². The second kappa shape index (κ2) is 11.7. The van der Waals surface area contributed by atoms with E-state index in [1.54, 1.807) is 6.07 Å². The molecule has 5 aromatic rings. The number of rotatable bonds is 5. The first-order valence-corrected chi connectivity index (χ1v) is 11.7. The Hall–Kier alpha value is -2.17. The van der Waals surface area contributed by atoms with Gasteiger partial charge in [0, 0.05) is 18.0 Å². The van der Waals surface area contributed by atoms with Gasteiger partial charge in [0.25, 0.3) is 5.56 Å². The van der Waals surface area contributed by atoms with Gasteiger partial charge in [-0.05, 0) is 30.3 Å². The van der Waals surface area contributed by atoms with Crippen molar-refractivity contribution in [3.63, 3.8) is 0 Å². The molecule has 1 aromatic carbocycles. The van der Waals surface area contributed by atoms with Crippen molar-refractivity contribution in [2.24, 2.45) is 0 Å². The number of halogens is 3.